The van der Waals surface area contributed by atoms with Crippen molar-refractivity contribution in [2.45, 2.75) is 39.2 Å². The summed E-state index contributed by atoms with van der Waals surface area (Å²) in [5.74, 6) is 2.76. The first-order valence-corrected chi connectivity index (χ1v) is 6.61. The summed E-state index contributed by atoms with van der Waals surface area (Å²) in [5.41, 5.74) is 0. The maximum absolute atomic E-state index is 3.33. The molecule has 88 valence electrons. The molecular weight excluding hydrogens is 184 g/mol. The molecule has 0 radical (unpaired) electrons. The Balaban J connectivity index is 1.80. The molecule has 1 aliphatic carbocycles. The van der Waals surface area contributed by atoms with Crippen LogP contribution in [0.1, 0.15) is 33.1 Å². The summed E-state index contributed by atoms with van der Waals surface area (Å²) in [6, 6.07) is 0.904. The molecule has 0 bridgehead atoms. The Morgan fingerprint density at radius 1 is 1.27 bits per heavy atom. The smallest absolute Gasteiger partial charge is 0.0136 e. The molecule has 2 nitrogen and oxygen atoms in total. The zero-order valence-corrected chi connectivity index (χ0v) is 10.5. The van der Waals surface area contributed by atoms with Crippen LogP contribution < -0.4 is 5.32 Å². The zero-order chi connectivity index (χ0) is 10.8. The van der Waals surface area contributed by atoms with Crippen molar-refractivity contribution in [2.24, 2.45) is 17.8 Å². The fourth-order valence-corrected chi connectivity index (χ4v) is 3.19. The van der Waals surface area contributed by atoms with Gasteiger partial charge in [-0.3, -0.25) is 4.90 Å². The molecule has 2 heteroatoms. The van der Waals surface area contributed by atoms with Gasteiger partial charge < -0.3 is 5.32 Å². The predicted molar refractivity (Wildman–Crippen MR) is 65.0 cm³/mol. The quantitative estimate of drug-likeness (QED) is 0.763. The lowest BCUT2D eigenvalue weighted by molar-refractivity contribution is 0.0783. The highest BCUT2D eigenvalue weighted by molar-refractivity contribution is 4.93. The predicted octanol–water partition coefficient (Wildman–Crippen LogP) is 1.96. The molecule has 3 unspecified atom stereocenters. The Bertz CT molecular complexity index is 203. The van der Waals surface area contributed by atoms with E-state index in [1.165, 1.54) is 38.9 Å². The van der Waals surface area contributed by atoms with Crippen LogP contribution in [-0.2, 0) is 0 Å². The van der Waals surface area contributed by atoms with Crippen molar-refractivity contribution in [3.8, 4) is 0 Å². The molecule has 3 atom stereocenters. The van der Waals surface area contributed by atoms with Crippen molar-refractivity contribution in [3.05, 3.63) is 0 Å². The summed E-state index contributed by atoms with van der Waals surface area (Å²) in [6.45, 7) is 8.68. The van der Waals surface area contributed by atoms with Gasteiger partial charge in [0.1, 0.15) is 0 Å². The lowest BCUT2D eigenvalue weighted by atomic mass is 9.78. The van der Waals surface area contributed by atoms with Gasteiger partial charge in [0.25, 0.3) is 0 Å². The minimum Gasteiger partial charge on any atom is -0.319 e. The van der Waals surface area contributed by atoms with Gasteiger partial charge in [-0.15, -0.1) is 0 Å². The molecule has 2 aliphatic rings. The molecule has 0 aromatic heterocycles. The summed E-state index contributed by atoms with van der Waals surface area (Å²) in [6.07, 6.45) is 4.31. The highest BCUT2D eigenvalue weighted by atomic mass is 15.2. The van der Waals surface area contributed by atoms with Crippen molar-refractivity contribution in [3.63, 3.8) is 0 Å². The van der Waals surface area contributed by atoms with Crippen molar-refractivity contribution >= 4 is 0 Å². The molecule has 0 aromatic carbocycles. The number of nitrogens with zero attached hydrogens (tertiary/aromatic N) is 1. The summed E-state index contributed by atoms with van der Waals surface area (Å²) < 4.78 is 0. The minimum atomic E-state index is 0.873. The zero-order valence-electron chi connectivity index (χ0n) is 10.5. The molecule has 1 heterocycles. The van der Waals surface area contributed by atoms with Gasteiger partial charge in [0, 0.05) is 12.6 Å². The normalized spacial score (nSPS) is 37.2. The number of nitrogens with one attached hydrogen (secondary N) is 1. The van der Waals surface area contributed by atoms with E-state index < -0.39 is 0 Å². The van der Waals surface area contributed by atoms with Crippen LogP contribution in [0.3, 0.4) is 0 Å². The van der Waals surface area contributed by atoms with Crippen molar-refractivity contribution in [2.75, 3.05) is 26.7 Å². The molecule has 2 rings (SSSR count). The molecule has 0 amide bonds. The molecule has 1 N–H and O–H groups in total. The lowest BCUT2D eigenvalue weighted by Crippen LogP contribution is -2.49. The Morgan fingerprint density at radius 3 is 2.53 bits per heavy atom. The van der Waals surface area contributed by atoms with E-state index >= 15 is 0 Å². The minimum absolute atomic E-state index is 0.873. The van der Waals surface area contributed by atoms with Crippen molar-refractivity contribution < 1.29 is 0 Å². The monoisotopic (exact) mass is 210 g/mol. The number of rotatable bonds is 4. The maximum atomic E-state index is 3.33. The Morgan fingerprint density at radius 2 is 2.07 bits per heavy atom. The molecule has 0 spiro atoms. The highest BCUT2D eigenvalue weighted by Gasteiger charge is 2.38. The second-order valence-electron chi connectivity index (χ2n) is 5.75. The second kappa shape index (κ2) is 4.84. The molecular formula is C13H26N2. The third-order valence-electron chi connectivity index (χ3n) is 4.51. The first kappa shape index (κ1) is 11.4. The van der Waals surface area contributed by atoms with Gasteiger partial charge in [0.2, 0.25) is 0 Å². The standard InChI is InChI=1S/C13H26N2/c1-10(2)12-6-7-15(9-12)13-5-4-11(13)8-14-3/h10-14H,4-9H2,1-3H3. The number of likely N-dealkylation sites (tertiary alicyclic amines) is 1. The van der Waals surface area contributed by atoms with Gasteiger partial charge in [-0.2, -0.15) is 0 Å². The van der Waals surface area contributed by atoms with Crippen LogP contribution in [0.5, 0.6) is 0 Å². The van der Waals surface area contributed by atoms with Gasteiger partial charge in [-0.1, -0.05) is 13.8 Å². The summed E-state index contributed by atoms with van der Waals surface area (Å²) in [4.78, 5) is 2.76. The van der Waals surface area contributed by atoms with Gasteiger partial charge >= 0.3 is 0 Å². The van der Waals surface area contributed by atoms with E-state index in [4.69, 9.17) is 0 Å². The van der Waals surface area contributed by atoms with Crippen LogP contribution >= 0.6 is 0 Å². The Kier molecular flexibility index (Phi) is 3.68. The molecule has 1 saturated carbocycles. The van der Waals surface area contributed by atoms with Crippen LogP contribution in [-0.4, -0.2) is 37.6 Å². The van der Waals surface area contributed by atoms with E-state index in [1.807, 2.05) is 0 Å². The van der Waals surface area contributed by atoms with Crippen LogP contribution in [0.25, 0.3) is 0 Å². The van der Waals surface area contributed by atoms with Crippen molar-refractivity contribution in [1.29, 1.82) is 0 Å². The van der Waals surface area contributed by atoms with E-state index in [2.05, 4.69) is 31.1 Å². The third-order valence-corrected chi connectivity index (χ3v) is 4.51. The van der Waals surface area contributed by atoms with Crippen molar-refractivity contribution in [1.82, 2.24) is 10.2 Å². The van der Waals surface area contributed by atoms with E-state index in [-0.39, 0.29) is 0 Å². The fraction of sp³-hybridized carbons (Fsp3) is 1.00. The largest absolute Gasteiger partial charge is 0.319 e. The van der Waals surface area contributed by atoms with Crippen LogP contribution in [0, 0.1) is 17.8 Å². The highest BCUT2D eigenvalue weighted by Crippen LogP contribution is 2.36. The van der Waals surface area contributed by atoms with E-state index in [1.54, 1.807) is 0 Å². The van der Waals surface area contributed by atoms with Crippen LogP contribution in [0.15, 0.2) is 0 Å². The van der Waals surface area contributed by atoms with Gasteiger partial charge in [0.15, 0.2) is 0 Å². The van der Waals surface area contributed by atoms with Gasteiger partial charge in [0.05, 0.1) is 0 Å². The molecule has 0 aromatic rings. The number of hydrogen-bond donors (Lipinski definition) is 1. The summed E-state index contributed by atoms with van der Waals surface area (Å²) >= 11 is 0. The van der Waals surface area contributed by atoms with Gasteiger partial charge in [-0.25, -0.2) is 0 Å². The van der Waals surface area contributed by atoms with Gasteiger partial charge in [-0.05, 0) is 57.2 Å². The van der Waals surface area contributed by atoms with E-state index in [0.717, 1.165) is 23.8 Å². The lowest BCUT2D eigenvalue weighted by Gasteiger charge is -2.43. The first-order chi connectivity index (χ1) is 7.22. The average Bonchev–Trinajstić information content (AvgIpc) is 2.61. The number of hydrogen-bond acceptors (Lipinski definition) is 2. The van der Waals surface area contributed by atoms with E-state index in [0.29, 0.717) is 0 Å². The maximum Gasteiger partial charge on any atom is 0.0136 e. The molecule has 2 fully saturated rings. The average molecular weight is 210 g/mol. The summed E-state index contributed by atoms with van der Waals surface area (Å²) in [5, 5.41) is 3.33. The molecule has 1 aliphatic heterocycles. The first-order valence-electron chi connectivity index (χ1n) is 6.61. The SMILES string of the molecule is CNCC1CCC1N1CCC(C(C)C)C1. The second-order valence-corrected chi connectivity index (χ2v) is 5.75. The topological polar surface area (TPSA) is 15.3 Å². The molecule has 15 heavy (non-hydrogen) atoms. The van der Waals surface area contributed by atoms with Crippen LogP contribution in [0.2, 0.25) is 0 Å². The molecule has 1 saturated heterocycles. The third kappa shape index (κ3) is 2.36. The Hall–Kier alpha value is -0.0800. The Labute approximate surface area is 94.4 Å². The van der Waals surface area contributed by atoms with E-state index in [9.17, 15) is 0 Å². The summed E-state index contributed by atoms with van der Waals surface area (Å²) in [7, 11) is 2.08. The fourth-order valence-electron chi connectivity index (χ4n) is 3.19. The van der Waals surface area contributed by atoms with Crippen LogP contribution in [0.4, 0.5) is 0 Å².